The van der Waals surface area contributed by atoms with E-state index >= 15 is 0 Å². The summed E-state index contributed by atoms with van der Waals surface area (Å²) in [4.78, 5) is 3.68. The van der Waals surface area contributed by atoms with Crippen LogP contribution in [0.15, 0.2) is 6.20 Å². The number of hydrogen-bond acceptors (Lipinski definition) is 3. The number of pyridine rings is 1. The molecule has 0 bridgehead atoms. The molecule has 0 saturated heterocycles. The Morgan fingerprint density at radius 3 is 2.69 bits per heavy atom. The van der Waals surface area contributed by atoms with Crippen molar-refractivity contribution >= 4 is 21.6 Å². The standard InChI is InChI=1S/C7H7BrF2N2O/c8-1-3-6(11)5(7(9)10)4(13)2-12-3/h2,7,13H,1,11H2. The zero-order valence-electron chi connectivity index (χ0n) is 6.47. The Kier molecular flexibility index (Phi) is 3.02. The lowest BCUT2D eigenvalue weighted by atomic mass is 10.2. The normalized spacial score (nSPS) is 10.8. The molecule has 72 valence electrons. The highest BCUT2D eigenvalue weighted by molar-refractivity contribution is 9.08. The van der Waals surface area contributed by atoms with Gasteiger partial charge in [0.25, 0.3) is 6.43 Å². The first-order valence-corrected chi connectivity index (χ1v) is 4.50. The molecule has 0 fully saturated rings. The zero-order chi connectivity index (χ0) is 10.0. The van der Waals surface area contributed by atoms with Gasteiger partial charge in [-0.1, -0.05) is 15.9 Å². The van der Waals surface area contributed by atoms with Crippen molar-refractivity contribution in [3.05, 3.63) is 17.5 Å². The quantitative estimate of drug-likeness (QED) is 0.794. The van der Waals surface area contributed by atoms with Gasteiger partial charge in [-0.15, -0.1) is 0 Å². The minimum Gasteiger partial charge on any atom is -0.506 e. The van der Waals surface area contributed by atoms with Crippen molar-refractivity contribution in [1.29, 1.82) is 0 Å². The van der Waals surface area contributed by atoms with Crippen molar-refractivity contribution < 1.29 is 13.9 Å². The van der Waals surface area contributed by atoms with Crippen molar-refractivity contribution in [2.24, 2.45) is 0 Å². The van der Waals surface area contributed by atoms with E-state index in [9.17, 15) is 8.78 Å². The molecule has 0 aliphatic rings. The average molecular weight is 253 g/mol. The molecule has 0 spiro atoms. The summed E-state index contributed by atoms with van der Waals surface area (Å²) in [7, 11) is 0. The van der Waals surface area contributed by atoms with Gasteiger partial charge in [-0.05, 0) is 0 Å². The smallest absolute Gasteiger partial charge is 0.269 e. The summed E-state index contributed by atoms with van der Waals surface area (Å²) < 4.78 is 24.6. The fourth-order valence-electron chi connectivity index (χ4n) is 0.907. The summed E-state index contributed by atoms with van der Waals surface area (Å²) >= 11 is 3.05. The Morgan fingerprint density at radius 2 is 2.23 bits per heavy atom. The molecule has 1 rings (SSSR count). The maximum absolute atomic E-state index is 12.3. The summed E-state index contributed by atoms with van der Waals surface area (Å²) in [5.41, 5.74) is 4.95. The lowest BCUT2D eigenvalue weighted by molar-refractivity contribution is 0.148. The molecule has 0 saturated carbocycles. The van der Waals surface area contributed by atoms with Gasteiger partial charge >= 0.3 is 0 Å². The van der Waals surface area contributed by atoms with E-state index in [4.69, 9.17) is 10.8 Å². The molecule has 0 aromatic carbocycles. The third-order valence-electron chi connectivity index (χ3n) is 1.56. The van der Waals surface area contributed by atoms with Crippen LogP contribution < -0.4 is 5.73 Å². The number of halogens is 3. The number of anilines is 1. The van der Waals surface area contributed by atoms with E-state index in [1.54, 1.807) is 0 Å². The zero-order valence-corrected chi connectivity index (χ0v) is 8.05. The van der Waals surface area contributed by atoms with Gasteiger partial charge < -0.3 is 10.8 Å². The lowest BCUT2D eigenvalue weighted by Gasteiger charge is -2.09. The van der Waals surface area contributed by atoms with Gasteiger partial charge in [0.05, 0.1) is 23.1 Å². The van der Waals surface area contributed by atoms with Crippen LogP contribution in [0.2, 0.25) is 0 Å². The maximum atomic E-state index is 12.3. The van der Waals surface area contributed by atoms with Gasteiger partial charge in [-0.25, -0.2) is 8.78 Å². The van der Waals surface area contributed by atoms with E-state index in [0.717, 1.165) is 6.20 Å². The van der Waals surface area contributed by atoms with Crippen LogP contribution in [0, 0.1) is 0 Å². The van der Waals surface area contributed by atoms with Crippen LogP contribution in [0.4, 0.5) is 14.5 Å². The van der Waals surface area contributed by atoms with Gasteiger partial charge in [-0.2, -0.15) is 0 Å². The van der Waals surface area contributed by atoms with Gasteiger partial charge in [0.1, 0.15) is 5.75 Å². The molecule has 0 aliphatic heterocycles. The second-order valence-electron chi connectivity index (χ2n) is 2.35. The monoisotopic (exact) mass is 252 g/mol. The fraction of sp³-hybridized carbons (Fsp3) is 0.286. The average Bonchev–Trinajstić information content (AvgIpc) is 2.04. The number of rotatable bonds is 2. The summed E-state index contributed by atoms with van der Waals surface area (Å²) in [6.45, 7) is 0. The Morgan fingerprint density at radius 1 is 1.62 bits per heavy atom. The van der Waals surface area contributed by atoms with Gasteiger partial charge in [0.15, 0.2) is 0 Å². The second kappa shape index (κ2) is 3.87. The van der Waals surface area contributed by atoms with E-state index in [-0.39, 0.29) is 11.0 Å². The summed E-state index contributed by atoms with van der Waals surface area (Å²) in [5.74, 6) is -0.572. The molecule has 0 unspecified atom stereocenters. The van der Waals surface area contributed by atoms with Crippen LogP contribution in [0.1, 0.15) is 17.7 Å². The topological polar surface area (TPSA) is 59.1 Å². The first kappa shape index (κ1) is 10.2. The molecular weight excluding hydrogens is 246 g/mol. The number of nitrogens with two attached hydrogens (primary N) is 1. The highest BCUT2D eigenvalue weighted by Crippen LogP contribution is 2.34. The van der Waals surface area contributed by atoms with Crippen molar-refractivity contribution in [3.63, 3.8) is 0 Å². The van der Waals surface area contributed by atoms with Crippen molar-refractivity contribution in [2.45, 2.75) is 11.8 Å². The minimum absolute atomic E-state index is 0.160. The molecule has 3 nitrogen and oxygen atoms in total. The van der Waals surface area contributed by atoms with Crippen LogP contribution in [0.5, 0.6) is 5.75 Å². The molecule has 1 aromatic rings. The molecule has 6 heteroatoms. The second-order valence-corrected chi connectivity index (χ2v) is 2.91. The van der Waals surface area contributed by atoms with Crippen LogP contribution in [-0.2, 0) is 5.33 Å². The number of aromatic hydroxyl groups is 1. The Balaban J connectivity index is 3.30. The molecule has 0 atom stereocenters. The number of nitrogen functional groups attached to an aromatic ring is 1. The first-order valence-electron chi connectivity index (χ1n) is 3.38. The van der Waals surface area contributed by atoms with Crippen LogP contribution in [0.3, 0.4) is 0 Å². The summed E-state index contributed by atoms with van der Waals surface area (Å²) in [5, 5.41) is 9.32. The van der Waals surface area contributed by atoms with E-state index in [1.807, 2.05) is 0 Å². The molecule has 13 heavy (non-hydrogen) atoms. The highest BCUT2D eigenvalue weighted by atomic mass is 79.9. The fourth-order valence-corrected chi connectivity index (χ4v) is 1.35. The molecule has 1 aromatic heterocycles. The van der Waals surface area contributed by atoms with Gasteiger partial charge in [0.2, 0.25) is 0 Å². The third-order valence-corrected chi connectivity index (χ3v) is 2.10. The Labute approximate surface area is 81.7 Å². The van der Waals surface area contributed by atoms with Gasteiger partial charge in [0, 0.05) is 5.33 Å². The summed E-state index contributed by atoms with van der Waals surface area (Å²) in [6, 6.07) is 0. The van der Waals surface area contributed by atoms with E-state index in [2.05, 4.69) is 20.9 Å². The van der Waals surface area contributed by atoms with E-state index in [0.29, 0.717) is 5.69 Å². The third kappa shape index (κ3) is 1.88. The number of hydrogen-bond donors (Lipinski definition) is 2. The molecular formula is C7H7BrF2N2O. The van der Waals surface area contributed by atoms with Crippen LogP contribution in [0.25, 0.3) is 0 Å². The Bertz CT molecular complexity index is 320. The SMILES string of the molecule is Nc1c(CBr)ncc(O)c1C(F)F. The summed E-state index contributed by atoms with van der Waals surface area (Å²) in [6.07, 6.45) is -1.82. The molecule has 0 aliphatic carbocycles. The number of nitrogens with zero attached hydrogens (tertiary/aromatic N) is 1. The van der Waals surface area contributed by atoms with E-state index in [1.165, 1.54) is 0 Å². The predicted molar refractivity (Wildman–Crippen MR) is 47.9 cm³/mol. The molecule has 0 amide bonds. The molecule has 0 radical (unpaired) electrons. The van der Waals surface area contributed by atoms with Gasteiger partial charge in [-0.3, -0.25) is 4.98 Å². The maximum Gasteiger partial charge on any atom is 0.269 e. The number of alkyl halides is 3. The minimum atomic E-state index is -2.79. The van der Waals surface area contributed by atoms with Crippen molar-refractivity contribution in [2.75, 3.05) is 5.73 Å². The van der Waals surface area contributed by atoms with Crippen LogP contribution >= 0.6 is 15.9 Å². The lowest BCUT2D eigenvalue weighted by Crippen LogP contribution is -2.01. The predicted octanol–water partition coefficient (Wildman–Crippen LogP) is 2.20. The van der Waals surface area contributed by atoms with Crippen molar-refractivity contribution in [3.8, 4) is 5.75 Å². The van der Waals surface area contributed by atoms with Crippen molar-refractivity contribution in [1.82, 2.24) is 4.98 Å². The Hall–Kier alpha value is -0.910. The molecule has 3 N–H and O–H groups in total. The first-order chi connectivity index (χ1) is 6.07. The van der Waals surface area contributed by atoms with E-state index < -0.39 is 17.7 Å². The highest BCUT2D eigenvalue weighted by Gasteiger charge is 2.19. The largest absolute Gasteiger partial charge is 0.506 e. The van der Waals surface area contributed by atoms with Crippen LogP contribution in [-0.4, -0.2) is 10.1 Å². The number of aromatic nitrogens is 1. The molecule has 1 heterocycles.